The van der Waals surface area contributed by atoms with Gasteiger partial charge in [0.1, 0.15) is 12.1 Å². The van der Waals surface area contributed by atoms with Gasteiger partial charge >= 0.3 is 0 Å². The molecule has 0 atom stereocenters. The number of imidazole rings is 1. The quantitative estimate of drug-likeness (QED) is 0.226. The largest absolute Gasteiger partial charge is 0.373 e. The van der Waals surface area contributed by atoms with Crippen molar-refractivity contribution < 1.29 is 13.9 Å². The Labute approximate surface area is 198 Å². The molecule has 0 N–H and O–H groups in total. The minimum absolute atomic E-state index is 0.0711. The summed E-state index contributed by atoms with van der Waals surface area (Å²) in [4.78, 5) is 17.3. The van der Waals surface area contributed by atoms with Crippen molar-refractivity contribution in [2.45, 2.75) is 32.2 Å². The fraction of sp³-hybridized carbons (Fsp3) is 0.391. The van der Waals surface area contributed by atoms with E-state index in [-0.39, 0.29) is 24.3 Å². The number of hydrogen-bond acceptors (Lipinski definition) is 3. The molecule has 0 aliphatic heterocycles. The predicted octanol–water partition coefficient (Wildman–Crippen LogP) is 6.42. The minimum Gasteiger partial charge on any atom is -0.373 e. The highest BCUT2D eigenvalue weighted by Gasteiger charge is 2.24. The molecule has 4 rings (SSSR count). The number of carbonyl (C=O) groups is 1. The molecule has 2 aromatic carbocycles. The molecule has 164 valence electrons. The summed E-state index contributed by atoms with van der Waals surface area (Å²) in [5.74, 6) is 0.301. The predicted molar refractivity (Wildman–Crippen MR) is 125 cm³/mol. The van der Waals surface area contributed by atoms with Crippen LogP contribution in [0.5, 0.6) is 0 Å². The number of ether oxygens (including phenoxy) is 1. The van der Waals surface area contributed by atoms with Crippen molar-refractivity contribution >= 4 is 55.9 Å². The van der Waals surface area contributed by atoms with Crippen LogP contribution in [-0.2, 0) is 17.7 Å². The summed E-state index contributed by atoms with van der Waals surface area (Å²) in [6.07, 6.45) is 4.78. The number of halogens is 4. The molecule has 1 saturated carbocycles. The van der Waals surface area contributed by atoms with Gasteiger partial charge in [0.05, 0.1) is 18.5 Å². The van der Waals surface area contributed by atoms with E-state index in [1.165, 1.54) is 0 Å². The number of nitrogens with zero attached hydrogens (tertiary/aromatic N) is 2. The third kappa shape index (κ3) is 5.30. The van der Waals surface area contributed by atoms with E-state index in [1.54, 1.807) is 18.5 Å². The molecule has 0 unspecified atom stereocenters. The standard InChI is InChI=1S/C23H22BrCl2FN2O2/c24-16-5-4-15(19(26)9-16)8-18-17(21(30)12-31-11-14-2-3-14)10-20-23(22(18)27)28-13-29(20)7-1-6-25/h4-5,9-10,13-14H,1-3,6-8,11-12H2. The SMILES string of the molecule is O=C(COCC1CC1)c1cc2c(ncn2CCCCl)c(F)c1Cc1ccc(Br)cc1Cl. The molecule has 1 fully saturated rings. The first-order valence-corrected chi connectivity index (χ1v) is 12.0. The Bertz CT molecular complexity index is 1110. The molecule has 3 aromatic rings. The van der Waals surface area contributed by atoms with E-state index >= 15 is 4.39 Å². The maximum Gasteiger partial charge on any atom is 0.188 e. The van der Waals surface area contributed by atoms with Crippen molar-refractivity contribution in [1.82, 2.24) is 9.55 Å². The Kier molecular flexibility index (Phi) is 7.32. The summed E-state index contributed by atoms with van der Waals surface area (Å²) < 4.78 is 23.9. The van der Waals surface area contributed by atoms with Crippen LogP contribution in [0.25, 0.3) is 11.0 Å². The third-order valence-electron chi connectivity index (χ3n) is 5.46. The first-order valence-electron chi connectivity index (χ1n) is 10.2. The normalized spacial score (nSPS) is 13.8. The Morgan fingerprint density at radius 2 is 2.13 bits per heavy atom. The van der Waals surface area contributed by atoms with E-state index in [0.29, 0.717) is 46.6 Å². The van der Waals surface area contributed by atoms with Crippen molar-refractivity contribution in [2.24, 2.45) is 5.92 Å². The second-order valence-electron chi connectivity index (χ2n) is 7.86. The Hall–Kier alpha value is -1.47. The zero-order valence-corrected chi connectivity index (χ0v) is 19.9. The van der Waals surface area contributed by atoms with Crippen molar-refractivity contribution in [3.63, 3.8) is 0 Å². The van der Waals surface area contributed by atoms with Crippen LogP contribution in [0.4, 0.5) is 4.39 Å². The van der Waals surface area contributed by atoms with Crippen molar-refractivity contribution in [2.75, 3.05) is 19.1 Å². The molecule has 0 saturated heterocycles. The van der Waals surface area contributed by atoms with Gasteiger partial charge in [-0.15, -0.1) is 11.6 Å². The van der Waals surface area contributed by atoms with Gasteiger partial charge in [0, 0.05) is 39.5 Å². The van der Waals surface area contributed by atoms with Gasteiger partial charge < -0.3 is 9.30 Å². The van der Waals surface area contributed by atoms with Crippen LogP contribution in [-0.4, -0.2) is 34.4 Å². The van der Waals surface area contributed by atoms with Gasteiger partial charge in [0.15, 0.2) is 11.6 Å². The van der Waals surface area contributed by atoms with Gasteiger partial charge in [0.25, 0.3) is 0 Å². The first-order chi connectivity index (χ1) is 15.0. The number of hydrogen-bond donors (Lipinski definition) is 0. The fourth-order valence-corrected chi connectivity index (χ4v) is 4.42. The molecule has 0 radical (unpaired) electrons. The van der Waals surface area contributed by atoms with E-state index < -0.39 is 5.82 Å². The van der Waals surface area contributed by atoms with Gasteiger partial charge in [-0.2, -0.15) is 0 Å². The van der Waals surface area contributed by atoms with Crippen molar-refractivity contribution in [3.8, 4) is 0 Å². The second-order valence-corrected chi connectivity index (χ2v) is 9.56. The van der Waals surface area contributed by atoms with E-state index in [4.69, 9.17) is 27.9 Å². The van der Waals surface area contributed by atoms with E-state index in [2.05, 4.69) is 20.9 Å². The lowest BCUT2D eigenvalue weighted by Crippen LogP contribution is -2.15. The number of aromatic nitrogens is 2. The zero-order chi connectivity index (χ0) is 22.0. The van der Waals surface area contributed by atoms with Crippen LogP contribution in [0.3, 0.4) is 0 Å². The summed E-state index contributed by atoms with van der Waals surface area (Å²) in [6.45, 7) is 1.10. The lowest BCUT2D eigenvalue weighted by Gasteiger charge is -2.14. The first kappa shape index (κ1) is 22.7. The van der Waals surface area contributed by atoms with Crippen LogP contribution in [0.2, 0.25) is 5.02 Å². The number of rotatable bonds is 10. The number of ketones is 1. The average Bonchev–Trinajstić information content (AvgIpc) is 3.48. The highest BCUT2D eigenvalue weighted by atomic mass is 79.9. The van der Waals surface area contributed by atoms with E-state index in [0.717, 1.165) is 29.3 Å². The molecule has 0 amide bonds. The maximum absolute atomic E-state index is 15.6. The van der Waals surface area contributed by atoms with Crippen LogP contribution >= 0.6 is 39.1 Å². The summed E-state index contributed by atoms with van der Waals surface area (Å²) in [5.41, 5.74) is 2.16. The lowest BCUT2D eigenvalue weighted by molar-refractivity contribution is 0.0738. The van der Waals surface area contributed by atoms with E-state index in [9.17, 15) is 4.79 Å². The summed E-state index contributed by atoms with van der Waals surface area (Å²) in [6, 6.07) is 7.16. The second kappa shape index (κ2) is 9.99. The Morgan fingerprint density at radius 3 is 2.84 bits per heavy atom. The van der Waals surface area contributed by atoms with Crippen molar-refractivity contribution in [1.29, 1.82) is 0 Å². The Morgan fingerprint density at radius 1 is 1.32 bits per heavy atom. The number of carbonyl (C=O) groups excluding carboxylic acids is 1. The van der Waals surface area contributed by atoms with Crippen molar-refractivity contribution in [3.05, 3.63) is 62.6 Å². The molecular formula is C23H22BrCl2FN2O2. The number of Topliss-reactive ketones (excluding diaryl/α,β-unsaturated/α-hetero) is 1. The molecule has 1 aliphatic carbocycles. The summed E-state index contributed by atoms with van der Waals surface area (Å²) >= 11 is 15.6. The third-order valence-corrected chi connectivity index (χ3v) is 6.57. The smallest absolute Gasteiger partial charge is 0.188 e. The molecule has 1 heterocycles. The molecule has 4 nitrogen and oxygen atoms in total. The molecule has 0 spiro atoms. The highest BCUT2D eigenvalue weighted by Crippen LogP contribution is 2.31. The van der Waals surface area contributed by atoms with Crippen LogP contribution in [0.15, 0.2) is 35.1 Å². The van der Waals surface area contributed by atoms with Crippen LogP contribution < -0.4 is 0 Å². The minimum atomic E-state index is -0.494. The lowest BCUT2D eigenvalue weighted by atomic mass is 9.95. The summed E-state index contributed by atoms with van der Waals surface area (Å²) in [7, 11) is 0. The number of aryl methyl sites for hydroxylation is 1. The molecule has 0 bridgehead atoms. The number of fused-ring (bicyclic) bond motifs is 1. The van der Waals surface area contributed by atoms with Crippen LogP contribution in [0, 0.1) is 11.7 Å². The van der Waals surface area contributed by atoms with Gasteiger partial charge in [-0.05, 0) is 48.9 Å². The van der Waals surface area contributed by atoms with Gasteiger partial charge in [0.2, 0.25) is 0 Å². The average molecular weight is 528 g/mol. The monoisotopic (exact) mass is 526 g/mol. The molecule has 8 heteroatoms. The zero-order valence-electron chi connectivity index (χ0n) is 16.8. The maximum atomic E-state index is 15.6. The number of benzene rings is 2. The number of alkyl halides is 1. The highest BCUT2D eigenvalue weighted by molar-refractivity contribution is 9.10. The topological polar surface area (TPSA) is 44.1 Å². The van der Waals surface area contributed by atoms with Gasteiger partial charge in [-0.1, -0.05) is 33.6 Å². The van der Waals surface area contributed by atoms with Gasteiger partial charge in [-0.3, -0.25) is 4.79 Å². The molecule has 1 aromatic heterocycles. The molecule has 1 aliphatic rings. The molecule has 31 heavy (non-hydrogen) atoms. The van der Waals surface area contributed by atoms with E-state index in [1.807, 2.05) is 16.7 Å². The van der Waals surface area contributed by atoms with Gasteiger partial charge in [-0.25, -0.2) is 9.37 Å². The fourth-order valence-electron chi connectivity index (χ4n) is 3.56. The molecular weight excluding hydrogens is 506 g/mol. The Balaban J connectivity index is 1.73. The summed E-state index contributed by atoms with van der Waals surface area (Å²) in [5, 5.41) is 0.505. The van der Waals surface area contributed by atoms with Crippen LogP contribution in [0.1, 0.15) is 40.7 Å².